The van der Waals surface area contributed by atoms with Gasteiger partial charge in [-0.1, -0.05) is 71.8 Å². The molecule has 0 spiro atoms. The van der Waals surface area contributed by atoms with Crippen molar-refractivity contribution in [2.45, 2.75) is 40.5 Å². The summed E-state index contributed by atoms with van der Waals surface area (Å²) in [6.45, 7) is 12.4. The Labute approximate surface area is 196 Å². The molecule has 3 rings (SSSR count). The molecule has 0 amide bonds. The van der Waals surface area contributed by atoms with E-state index >= 15 is 0 Å². The van der Waals surface area contributed by atoms with Gasteiger partial charge >= 0.3 is 5.97 Å². The predicted octanol–water partition coefficient (Wildman–Crippen LogP) is 6.75. The van der Waals surface area contributed by atoms with Crippen molar-refractivity contribution < 1.29 is 9.53 Å². The number of aryl methyl sites for hydroxylation is 1. The van der Waals surface area contributed by atoms with Crippen LogP contribution in [0.5, 0.6) is 5.75 Å². The fourth-order valence-electron chi connectivity index (χ4n) is 3.20. The lowest BCUT2D eigenvalue weighted by Gasteiger charge is -2.20. The summed E-state index contributed by atoms with van der Waals surface area (Å²) in [4.78, 5) is 12.5. The van der Waals surface area contributed by atoms with E-state index in [9.17, 15) is 4.79 Å². The molecule has 0 fully saturated rings. The summed E-state index contributed by atoms with van der Waals surface area (Å²) in [6, 6.07) is 15.2. The predicted molar refractivity (Wildman–Crippen MR) is 133 cm³/mol. The third-order valence-electron chi connectivity index (χ3n) is 5.45. The third-order valence-corrected chi connectivity index (χ3v) is 5.45. The molecule has 0 N–H and O–H groups in total. The van der Waals surface area contributed by atoms with Crippen LogP contribution in [0.25, 0.3) is 11.8 Å². The zero-order chi connectivity index (χ0) is 23.8. The molecular formula is C28H31N3O2. The summed E-state index contributed by atoms with van der Waals surface area (Å²) < 4.78 is 7.02. The maximum atomic E-state index is 12.5. The van der Waals surface area contributed by atoms with Crippen molar-refractivity contribution in [1.82, 2.24) is 15.0 Å². The standard InChI is InChI=1S/C28H31N3O2/c1-6-28(5,18-7-8-21(2)3)19-17-23-11-15-25(16-12-23)33-27(32)26-20-31(30-29-26)24-13-9-22(4)10-14-24/h6,8-17,19-20H,1,7,18H2,2-5H3/b19-17+/t28-/m1/s1. The average Bonchev–Trinajstić information content (AvgIpc) is 3.29. The van der Waals surface area contributed by atoms with Gasteiger partial charge in [0.15, 0.2) is 5.69 Å². The van der Waals surface area contributed by atoms with Gasteiger partial charge in [-0.3, -0.25) is 0 Å². The lowest BCUT2D eigenvalue weighted by Crippen LogP contribution is -2.09. The van der Waals surface area contributed by atoms with Crippen LogP contribution >= 0.6 is 0 Å². The number of aromatic nitrogens is 3. The highest BCUT2D eigenvalue weighted by Gasteiger charge is 2.16. The lowest BCUT2D eigenvalue weighted by atomic mass is 9.84. The molecule has 0 radical (unpaired) electrons. The number of nitrogens with zero attached hydrogens (tertiary/aromatic N) is 3. The quantitative estimate of drug-likeness (QED) is 0.209. The average molecular weight is 442 g/mol. The van der Waals surface area contributed by atoms with Gasteiger partial charge < -0.3 is 4.74 Å². The van der Waals surface area contributed by atoms with Crippen LogP contribution in [0, 0.1) is 12.3 Å². The second kappa shape index (κ2) is 10.7. The number of ether oxygens (including phenoxy) is 1. The smallest absolute Gasteiger partial charge is 0.365 e. The molecule has 5 heteroatoms. The topological polar surface area (TPSA) is 57.0 Å². The molecule has 0 saturated carbocycles. The van der Waals surface area contributed by atoms with Gasteiger partial charge in [-0.05, 0) is 63.4 Å². The second-order valence-corrected chi connectivity index (χ2v) is 8.71. The van der Waals surface area contributed by atoms with E-state index in [0.717, 1.165) is 29.7 Å². The van der Waals surface area contributed by atoms with E-state index in [-0.39, 0.29) is 11.1 Å². The molecule has 1 aromatic heterocycles. The number of esters is 1. The highest BCUT2D eigenvalue weighted by atomic mass is 16.5. The molecule has 0 aliphatic carbocycles. The second-order valence-electron chi connectivity index (χ2n) is 8.71. The Morgan fingerprint density at radius 2 is 1.82 bits per heavy atom. The van der Waals surface area contributed by atoms with Crippen LogP contribution in [-0.2, 0) is 0 Å². The maximum Gasteiger partial charge on any atom is 0.365 e. The summed E-state index contributed by atoms with van der Waals surface area (Å²) in [5.74, 6) is -0.0905. The first-order chi connectivity index (χ1) is 15.8. The van der Waals surface area contributed by atoms with Crippen molar-refractivity contribution in [3.63, 3.8) is 0 Å². The Morgan fingerprint density at radius 1 is 1.12 bits per heavy atom. The maximum absolute atomic E-state index is 12.5. The number of rotatable bonds is 9. The Balaban J connectivity index is 1.61. The molecule has 3 aromatic rings. The third kappa shape index (κ3) is 6.88. The molecule has 0 aliphatic heterocycles. The zero-order valence-electron chi connectivity index (χ0n) is 19.8. The summed E-state index contributed by atoms with van der Waals surface area (Å²) >= 11 is 0. The molecule has 0 bridgehead atoms. The van der Waals surface area contributed by atoms with Crippen molar-refractivity contribution in [1.29, 1.82) is 0 Å². The Morgan fingerprint density at radius 3 is 2.45 bits per heavy atom. The van der Waals surface area contributed by atoms with Gasteiger partial charge in [0.25, 0.3) is 0 Å². The van der Waals surface area contributed by atoms with Crippen molar-refractivity contribution in [2.75, 3.05) is 0 Å². The van der Waals surface area contributed by atoms with E-state index in [1.54, 1.807) is 23.0 Å². The minimum atomic E-state index is -0.546. The van der Waals surface area contributed by atoms with E-state index in [0.29, 0.717) is 5.75 Å². The van der Waals surface area contributed by atoms with Gasteiger partial charge in [0.05, 0.1) is 11.9 Å². The fourth-order valence-corrected chi connectivity index (χ4v) is 3.20. The SMILES string of the molecule is C=C[C@@](C)(/C=C/c1ccc(OC(=O)c2cn(-c3ccc(C)cc3)nn2)cc1)CCC=C(C)C. The zero-order valence-corrected chi connectivity index (χ0v) is 19.8. The van der Waals surface area contributed by atoms with E-state index < -0.39 is 5.97 Å². The molecular weight excluding hydrogens is 410 g/mol. The Bertz CT molecular complexity index is 1150. The molecule has 1 atom stereocenters. The molecule has 33 heavy (non-hydrogen) atoms. The van der Waals surface area contributed by atoms with Crippen LogP contribution in [0.3, 0.4) is 0 Å². The Hall–Kier alpha value is -3.73. The molecule has 5 nitrogen and oxygen atoms in total. The number of hydrogen-bond acceptors (Lipinski definition) is 4. The van der Waals surface area contributed by atoms with Crippen molar-refractivity contribution in [2.24, 2.45) is 5.41 Å². The minimum absolute atomic E-state index is 0.0830. The van der Waals surface area contributed by atoms with E-state index in [1.807, 2.05) is 49.4 Å². The normalized spacial score (nSPS) is 12.8. The van der Waals surface area contributed by atoms with Crippen molar-refractivity contribution in [3.05, 3.63) is 102 Å². The van der Waals surface area contributed by atoms with Crippen LogP contribution in [0.4, 0.5) is 0 Å². The highest BCUT2D eigenvalue weighted by Crippen LogP contribution is 2.28. The molecule has 0 aliphatic rings. The van der Waals surface area contributed by atoms with Gasteiger partial charge in [0.2, 0.25) is 0 Å². The summed E-state index contributed by atoms with van der Waals surface area (Å²) in [7, 11) is 0. The van der Waals surface area contributed by atoms with E-state index in [4.69, 9.17) is 4.74 Å². The van der Waals surface area contributed by atoms with Crippen molar-refractivity contribution >= 4 is 12.0 Å². The van der Waals surface area contributed by atoms with E-state index in [2.05, 4.69) is 55.9 Å². The van der Waals surface area contributed by atoms with Gasteiger partial charge in [-0.15, -0.1) is 11.7 Å². The summed E-state index contributed by atoms with van der Waals surface area (Å²) in [6.07, 6.45) is 12.1. The Kier molecular flexibility index (Phi) is 7.78. The summed E-state index contributed by atoms with van der Waals surface area (Å²) in [5.41, 5.74) is 4.40. The van der Waals surface area contributed by atoms with Gasteiger partial charge in [0.1, 0.15) is 5.75 Å². The van der Waals surface area contributed by atoms with Crippen LogP contribution < -0.4 is 4.74 Å². The lowest BCUT2D eigenvalue weighted by molar-refractivity contribution is 0.0728. The minimum Gasteiger partial charge on any atom is -0.422 e. The monoisotopic (exact) mass is 441 g/mol. The molecule has 0 saturated heterocycles. The molecule has 1 heterocycles. The molecule has 170 valence electrons. The fraction of sp³-hybridized carbons (Fsp3) is 0.250. The van der Waals surface area contributed by atoms with Crippen LogP contribution in [-0.4, -0.2) is 21.0 Å². The van der Waals surface area contributed by atoms with Crippen LogP contribution in [0.1, 0.15) is 55.2 Å². The molecule has 0 unspecified atom stereocenters. The largest absolute Gasteiger partial charge is 0.422 e. The first-order valence-corrected chi connectivity index (χ1v) is 11.1. The van der Waals surface area contributed by atoms with Crippen LogP contribution in [0.2, 0.25) is 0 Å². The van der Waals surface area contributed by atoms with E-state index in [1.165, 1.54) is 5.57 Å². The van der Waals surface area contributed by atoms with Gasteiger partial charge in [0, 0.05) is 5.41 Å². The van der Waals surface area contributed by atoms with Crippen molar-refractivity contribution in [3.8, 4) is 11.4 Å². The summed E-state index contributed by atoms with van der Waals surface area (Å²) in [5, 5.41) is 7.97. The van der Waals surface area contributed by atoms with Crippen LogP contribution in [0.15, 0.2) is 85.1 Å². The first-order valence-electron chi connectivity index (χ1n) is 11.1. The first kappa shape index (κ1) is 23.9. The number of carbonyl (C=O) groups is 1. The van der Waals surface area contributed by atoms with Gasteiger partial charge in [-0.25, -0.2) is 9.48 Å². The number of allylic oxidation sites excluding steroid dienone is 4. The number of carbonyl (C=O) groups excluding carboxylic acids is 1. The number of hydrogen-bond donors (Lipinski definition) is 0. The highest BCUT2D eigenvalue weighted by molar-refractivity contribution is 5.88. The number of benzene rings is 2. The van der Waals surface area contributed by atoms with Gasteiger partial charge in [-0.2, -0.15) is 0 Å². The molecule has 2 aromatic carbocycles.